The van der Waals surface area contributed by atoms with Crippen molar-refractivity contribution in [1.82, 2.24) is 0 Å². The van der Waals surface area contributed by atoms with Crippen molar-refractivity contribution in [3.8, 4) is 0 Å². The molecule has 1 aliphatic carbocycles. The predicted molar refractivity (Wildman–Crippen MR) is 104 cm³/mol. The van der Waals surface area contributed by atoms with Crippen molar-refractivity contribution in [3.05, 3.63) is 16.0 Å². The van der Waals surface area contributed by atoms with Gasteiger partial charge in [0.15, 0.2) is 6.54 Å². The van der Waals surface area contributed by atoms with E-state index in [-0.39, 0.29) is 11.9 Å². The Bertz CT molecular complexity index is 670. The van der Waals surface area contributed by atoms with Crippen LogP contribution >= 0.6 is 11.3 Å². The number of ether oxygens (including phenoxy) is 1. The fourth-order valence-electron chi connectivity index (χ4n) is 4.15. The molecule has 2 N–H and O–H groups in total. The van der Waals surface area contributed by atoms with Crippen molar-refractivity contribution in [2.45, 2.75) is 65.3 Å². The summed E-state index contributed by atoms with van der Waals surface area (Å²) in [6.45, 7) is 8.16. The Balaban J connectivity index is 1.77. The summed E-state index contributed by atoms with van der Waals surface area (Å²) in [6.07, 6.45) is 6.59. The van der Waals surface area contributed by atoms with Crippen molar-refractivity contribution in [1.29, 1.82) is 0 Å². The van der Waals surface area contributed by atoms with E-state index in [4.69, 9.17) is 4.74 Å². The second kappa shape index (κ2) is 8.53. The molecule has 6 heteroatoms. The van der Waals surface area contributed by atoms with Crippen molar-refractivity contribution < 1.29 is 19.2 Å². The van der Waals surface area contributed by atoms with Gasteiger partial charge >= 0.3 is 5.97 Å². The zero-order chi connectivity index (χ0) is 18.7. The van der Waals surface area contributed by atoms with E-state index in [9.17, 15) is 9.59 Å². The quantitative estimate of drug-likeness (QED) is 0.773. The van der Waals surface area contributed by atoms with Crippen LogP contribution in [0.4, 0.5) is 5.00 Å². The largest absolute Gasteiger partial charge is 0.462 e. The first-order valence-corrected chi connectivity index (χ1v) is 10.8. The van der Waals surface area contributed by atoms with Crippen LogP contribution < -0.4 is 10.2 Å². The van der Waals surface area contributed by atoms with Crippen LogP contribution in [0.25, 0.3) is 0 Å². The number of hydrogen-bond donors (Lipinski definition) is 2. The van der Waals surface area contributed by atoms with E-state index in [1.807, 2.05) is 6.92 Å². The minimum absolute atomic E-state index is 0.00550. The van der Waals surface area contributed by atoms with Crippen LogP contribution in [0, 0.1) is 5.92 Å². The number of esters is 1. The molecule has 3 unspecified atom stereocenters. The van der Waals surface area contributed by atoms with E-state index in [1.54, 1.807) is 11.3 Å². The molecule has 3 rings (SSSR count). The van der Waals surface area contributed by atoms with Gasteiger partial charge in [0, 0.05) is 4.88 Å². The number of fused-ring (bicyclic) bond motifs is 1. The number of amides is 1. The zero-order valence-electron chi connectivity index (χ0n) is 16.2. The summed E-state index contributed by atoms with van der Waals surface area (Å²) in [5, 5.41) is 3.74. The van der Waals surface area contributed by atoms with Gasteiger partial charge in [0.25, 0.3) is 5.91 Å². The molecule has 3 atom stereocenters. The number of carbonyl (C=O) groups excluding carboxylic acids is 2. The van der Waals surface area contributed by atoms with E-state index in [0.29, 0.717) is 35.7 Å². The first kappa shape index (κ1) is 19.4. The van der Waals surface area contributed by atoms with Gasteiger partial charge in [-0.05, 0) is 63.9 Å². The van der Waals surface area contributed by atoms with E-state index in [1.165, 1.54) is 29.0 Å². The van der Waals surface area contributed by atoms with E-state index < -0.39 is 0 Å². The van der Waals surface area contributed by atoms with E-state index >= 15 is 0 Å². The van der Waals surface area contributed by atoms with Crippen molar-refractivity contribution in [2.75, 3.05) is 25.0 Å². The molecule has 1 amide bonds. The highest BCUT2D eigenvalue weighted by atomic mass is 32.1. The van der Waals surface area contributed by atoms with Crippen molar-refractivity contribution in [3.63, 3.8) is 0 Å². The summed E-state index contributed by atoms with van der Waals surface area (Å²) in [5.41, 5.74) is 1.70. The van der Waals surface area contributed by atoms with Crippen molar-refractivity contribution >= 4 is 28.2 Å². The Labute approximate surface area is 160 Å². The third-order valence-corrected chi connectivity index (χ3v) is 6.88. The number of quaternary nitrogens is 1. The number of anilines is 1. The third kappa shape index (κ3) is 4.29. The molecule has 1 aromatic heterocycles. The summed E-state index contributed by atoms with van der Waals surface area (Å²) < 4.78 is 5.28. The van der Waals surface area contributed by atoms with Crippen LogP contribution in [-0.4, -0.2) is 37.6 Å². The summed E-state index contributed by atoms with van der Waals surface area (Å²) in [4.78, 5) is 27.8. The summed E-state index contributed by atoms with van der Waals surface area (Å²) in [6, 6.07) is 0.524. The van der Waals surface area contributed by atoms with Crippen LogP contribution in [0.2, 0.25) is 0 Å². The maximum atomic E-state index is 12.7. The Morgan fingerprint density at radius 2 is 2.08 bits per heavy atom. The lowest BCUT2D eigenvalue weighted by atomic mass is 9.88. The molecule has 1 aliphatic heterocycles. The highest BCUT2D eigenvalue weighted by Crippen LogP contribution is 2.40. The normalized spacial score (nSPS) is 25.4. The van der Waals surface area contributed by atoms with Gasteiger partial charge in [-0.3, -0.25) is 4.79 Å². The third-order valence-electron chi connectivity index (χ3n) is 5.71. The van der Waals surface area contributed by atoms with E-state index in [2.05, 4.69) is 19.2 Å². The zero-order valence-corrected chi connectivity index (χ0v) is 17.0. The molecule has 2 heterocycles. The van der Waals surface area contributed by atoms with E-state index in [0.717, 1.165) is 31.4 Å². The standard InChI is InChI=1S/C20H30N2O3S/c1-4-25-20(24)18-15-9-8-13(2)11-16(15)26-19(18)21-17(23)12-22-10-6-5-7-14(22)3/h13-14H,4-12H2,1-3H3,(H,21,23)/p+1. The fraction of sp³-hybridized carbons (Fsp3) is 0.700. The summed E-state index contributed by atoms with van der Waals surface area (Å²) in [7, 11) is 0. The van der Waals surface area contributed by atoms with Gasteiger partial charge in [0.2, 0.25) is 0 Å². The maximum Gasteiger partial charge on any atom is 0.341 e. The van der Waals surface area contributed by atoms with Crippen LogP contribution in [0.3, 0.4) is 0 Å². The summed E-state index contributed by atoms with van der Waals surface area (Å²) >= 11 is 1.57. The lowest BCUT2D eigenvalue weighted by Crippen LogP contribution is -3.17. The van der Waals surface area contributed by atoms with Crippen LogP contribution in [-0.2, 0) is 22.4 Å². The van der Waals surface area contributed by atoms with Gasteiger partial charge < -0.3 is 15.0 Å². The Morgan fingerprint density at radius 1 is 1.27 bits per heavy atom. The highest BCUT2D eigenvalue weighted by molar-refractivity contribution is 7.17. The molecule has 1 aromatic rings. The number of carbonyl (C=O) groups is 2. The molecule has 2 aliphatic rings. The van der Waals surface area contributed by atoms with Crippen LogP contribution in [0.15, 0.2) is 0 Å². The SMILES string of the molecule is CCOC(=O)c1c(NC(=O)C[NH+]2CCCCC2C)sc2c1CCC(C)C2. The van der Waals surface area contributed by atoms with Crippen LogP contribution in [0.1, 0.15) is 67.3 Å². The first-order chi connectivity index (χ1) is 12.5. The smallest absolute Gasteiger partial charge is 0.341 e. The van der Waals surface area contributed by atoms with Gasteiger partial charge in [0.05, 0.1) is 24.8 Å². The molecular formula is C20H31N2O3S+. The number of nitrogens with one attached hydrogen (secondary N) is 2. The molecule has 0 spiro atoms. The second-order valence-corrected chi connectivity index (χ2v) is 8.91. The highest BCUT2D eigenvalue weighted by Gasteiger charge is 2.30. The van der Waals surface area contributed by atoms with Crippen molar-refractivity contribution in [2.24, 2.45) is 5.92 Å². The molecule has 1 saturated heterocycles. The molecule has 0 saturated carbocycles. The monoisotopic (exact) mass is 379 g/mol. The van der Waals surface area contributed by atoms with Gasteiger partial charge in [-0.1, -0.05) is 6.92 Å². The van der Waals surface area contributed by atoms with Gasteiger partial charge in [-0.2, -0.15) is 0 Å². The molecule has 0 aromatic carbocycles. The average molecular weight is 380 g/mol. The second-order valence-electron chi connectivity index (χ2n) is 7.81. The summed E-state index contributed by atoms with van der Waals surface area (Å²) in [5.74, 6) is 0.331. The lowest BCUT2D eigenvalue weighted by Gasteiger charge is -2.29. The number of rotatable bonds is 5. The lowest BCUT2D eigenvalue weighted by molar-refractivity contribution is -0.920. The van der Waals surface area contributed by atoms with Gasteiger partial charge in [-0.25, -0.2) is 4.79 Å². The average Bonchev–Trinajstić information content (AvgIpc) is 2.93. The predicted octanol–water partition coefficient (Wildman–Crippen LogP) is 2.45. The Kier molecular flexibility index (Phi) is 6.35. The molecule has 144 valence electrons. The number of piperidine rings is 1. The molecule has 26 heavy (non-hydrogen) atoms. The fourth-order valence-corrected chi connectivity index (χ4v) is 5.57. The van der Waals surface area contributed by atoms with Crippen LogP contribution in [0.5, 0.6) is 0 Å². The molecule has 5 nitrogen and oxygen atoms in total. The van der Waals surface area contributed by atoms with Gasteiger partial charge in [-0.15, -0.1) is 11.3 Å². The topological polar surface area (TPSA) is 59.8 Å². The number of thiophene rings is 1. The van der Waals surface area contributed by atoms with Gasteiger partial charge in [0.1, 0.15) is 5.00 Å². The molecule has 0 bridgehead atoms. The first-order valence-electron chi connectivity index (χ1n) is 9.95. The Hall–Kier alpha value is -1.40. The Morgan fingerprint density at radius 3 is 2.81 bits per heavy atom. The molecule has 1 fully saturated rings. The minimum atomic E-state index is -0.298. The maximum absolute atomic E-state index is 12.7. The molecular weight excluding hydrogens is 348 g/mol. The number of likely N-dealkylation sites (tertiary alicyclic amines) is 1. The number of hydrogen-bond acceptors (Lipinski definition) is 4. The molecule has 0 radical (unpaired) electrons. The minimum Gasteiger partial charge on any atom is -0.462 e.